The van der Waals surface area contributed by atoms with Crippen LogP contribution in [0.3, 0.4) is 0 Å². The van der Waals surface area contributed by atoms with Gasteiger partial charge < -0.3 is 5.32 Å². The Hall–Kier alpha value is -2.14. The van der Waals surface area contributed by atoms with Gasteiger partial charge in [-0.2, -0.15) is 0 Å². The molecule has 136 valence electrons. The number of carbonyl (C=O) groups excluding carboxylic acids is 1. The van der Waals surface area contributed by atoms with Gasteiger partial charge in [0.05, 0.1) is 5.69 Å². The number of aryl methyl sites for hydroxylation is 1. The second-order valence-electron chi connectivity index (χ2n) is 7.33. The molecule has 1 aliphatic carbocycles. The first kappa shape index (κ1) is 17.3. The molecular formula is C21H25N3OS. The lowest BCUT2D eigenvalue weighted by Crippen LogP contribution is -2.14. The molecule has 0 bridgehead atoms. The highest BCUT2D eigenvalue weighted by molar-refractivity contribution is 7.17. The summed E-state index contributed by atoms with van der Waals surface area (Å²) in [6.45, 7) is 2.09. The van der Waals surface area contributed by atoms with E-state index >= 15 is 0 Å². The van der Waals surface area contributed by atoms with Crippen LogP contribution in [-0.4, -0.2) is 15.3 Å². The average molecular weight is 368 g/mol. The molecular weight excluding hydrogens is 342 g/mol. The van der Waals surface area contributed by atoms with E-state index < -0.39 is 0 Å². The minimum absolute atomic E-state index is 0.120. The Labute approximate surface area is 158 Å². The fourth-order valence-corrected chi connectivity index (χ4v) is 4.65. The van der Waals surface area contributed by atoms with Gasteiger partial charge in [-0.05, 0) is 31.4 Å². The van der Waals surface area contributed by atoms with E-state index in [2.05, 4.69) is 22.8 Å². The van der Waals surface area contributed by atoms with Crippen LogP contribution in [0.2, 0.25) is 0 Å². The monoisotopic (exact) mass is 367 g/mol. The Bertz CT molecular complexity index is 874. The first-order valence-corrected chi connectivity index (χ1v) is 10.3. The number of imidazole rings is 1. The van der Waals surface area contributed by atoms with Crippen LogP contribution < -0.4 is 5.32 Å². The smallest absolute Gasteiger partial charge is 0.224 e. The van der Waals surface area contributed by atoms with Gasteiger partial charge in [-0.3, -0.25) is 9.20 Å². The molecule has 1 aliphatic rings. The maximum Gasteiger partial charge on any atom is 0.224 e. The second kappa shape index (κ2) is 7.62. The fourth-order valence-electron chi connectivity index (χ4n) is 3.84. The summed E-state index contributed by atoms with van der Waals surface area (Å²) in [5.41, 5.74) is 2.82. The molecule has 1 aromatic carbocycles. The first-order chi connectivity index (χ1) is 12.7. The SMILES string of the molecule is Cc1cn2cc(-c3cccc(NC(=O)CCC4CCCCC4)c3)nc2s1. The van der Waals surface area contributed by atoms with Crippen LogP contribution in [0.5, 0.6) is 0 Å². The molecule has 1 N–H and O–H groups in total. The van der Waals surface area contributed by atoms with E-state index in [-0.39, 0.29) is 5.91 Å². The Balaban J connectivity index is 1.40. The van der Waals surface area contributed by atoms with Crippen LogP contribution in [0.1, 0.15) is 49.8 Å². The van der Waals surface area contributed by atoms with Gasteiger partial charge in [0, 0.05) is 34.9 Å². The van der Waals surface area contributed by atoms with Gasteiger partial charge >= 0.3 is 0 Å². The third-order valence-electron chi connectivity index (χ3n) is 5.22. The lowest BCUT2D eigenvalue weighted by Gasteiger charge is -2.21. The molecule has 0 spiro atoms. The lowest BCUT2D eigenvalue weighted by molar-refractivity contribution is -0.116. The highest BCUT2D eigenvalue weighted by Gasteiger charge is 2.15. The third-order valence-corrected chi connectivity index (χ3v) is 6.13. The van der Waals surface area contributed by atoms with Gasteiger partial charge in [-0.1, -0.05) is 44.2 Å². The maximum absolute atomic E-state index is 12.3. The van der Waals surface area contributed by atoms with Crippen LogP contribution in [0.4, 0.5) is 5.69 Å². The van der Waals surface area contributed by atoms with E-state index in [1.807, 2.05) is 30.5 Å². The summed E-state index contributed by atoms with van der Waals surface area (Å²) in [6.07, 6.45) is 12.4. The molecule has 1 amide bonds. The van der Waals surface area contributed by atoms with Crippen molar-refractivity contribution in [3.05, 3.63) is 41.5 Å². The number of rotatable bonds is 5. The number of aromatic nitrogens is 2. The second-order valence-corrected chi connectivity index (χ2v) is 8.54. The Morgan fingerprint density at radius 2 is 2.12 bits per heavy atom. The number of hydrogen-bond acceptors (Lipinski definition) is 3. The zero-order chi connectivity index (χ0) is 17.9. The predicted octanol–water partition coefficient (Wildman–Crippen LogP) is 5.67. The third kappa shape index (κ3) is 3.98. The topological polar surface area (TPSA) is 46.4 Å². The van der Waals surface area contributed by atoms with E-state index in [0.29, 0.717) is 6.42 Å². The van der Waals surface area contributed by atoms with Crippen LogP contribution in [-0.2, 0) is 4.79 Å². The molecule has 0 aliphatic heterocycles. The molecule has 4 rings (SSSR count). The summed E-state index contributed by atoms with van der Waals surface area (Å²) in [6, 6.07) is 7.98. The number of fused-ring (bicyclic) bond motifs is 1. The number of nitrogens with zero attached hydrogens (tertiary/aromatic N) is 2. The Morgan fingerprint density at radius 3 is 2.92 bits per heavy atom. The van der Waals surface area contributed by atoms with Crippen molar-refractivity contribution in [3.63, 3.8) is 0 Å². The van der Waals surface area contributed by atoms with Gasteiger partial charge in [-0.15, -0.1) is 11.3 Å². The molecule has 0 unspecified atom stereocenters. The van der Waals surface area contributed by atoms with Crippen molar-refractivity contribution < 1.29 is 4.79 Å². The van der Waals surface area contributed by atoms with E-state index in [4.69, 9.17) is 4.98 Å². The number of amides is 1. The van der Waals surface area contributed by atoms with Crippen LogP contribution >= 0.6 is 11.3 Å². The highest BCUT2D eigenvalue weighted by atomic mass is 32.1. The van der Waals surface area contributed by atoms with Gasteiger partial charge in [-0.25, -0.2) is 4.98 Å². The molecule has 0 radical (unpaired) electrons. The molecule has 5 heteroatoms. The zero-order valence-electron chi connectivity index (χ0n) is 15.2. The summed E-state index contributed by atoms with van der Waals surface area (Å²) in [5, 5.41) is 3.06. The number of hydrogen-bond donors (Lipinski definition) is 1. The number of benzene rings is 1. The Kier molecular flexibility index (Phi) is 5.07. The summed E-state index contributed by atoms with van der Waals surface area (Å²) in [5.74, 6) is 0.858. The number of carbonyl (C=O) groups is 1. The number of anilines is 1. The number of nitrogens with one attached hydrogen (secondary N) is 1. The van der Waals surface area contributed by atoms with Crippen molar-refractivity contribution in [2.24, 2.45) is 5.92 Å². The molecule has 4 nitrogen and oxygen atoms in total. The van der Waals surface area contributed by atoms with Crippen molar-refractivity contribution in [1.29, 1.82) is 0 Å². The predicted molar refractivity (Wildman–Crippen MR) is 108 cm³/mol. The normalized spacial score (nSPS) is 15.4. The van der Waals surface area contributed by atoms with Gasteiger partial charge in [0.15, 0.2) is 4.96 Å². The zero-order valence-corrected chi connectivity index (χ0v) is 16.0. The molecule has 0 saturated heterocycles. The first-order valence-electron chi connectivity index (χ1n) is 9.53. The molecule has 3 aromatic rings. The summed E-state index contributed by atoms with van der Waals surface area (Å²) >= 11 is 1.68. The molecule has 2 heterocycles. The standard InChI is InChI=1S/C21H25N3OS/c1-15-13-24-14-19(23-21(24)26-15)17-8-5-9-18(12-17)22-20(25)11-10-16-6-3-2-4-7-16/h5,8-9,12-14,16H,2-4,6-7,10-11H2,1H3,(H,22,25). The van der Waals surface area contributed by atoms with Crippen molar-refractivity contribution in [3.8, 4) is 11.3 Å². The van der Waals surface area contributed by atoms with Gasteiger partial charge in [0.25, 0.3) is 0 Å². The van der Waals surface area contributed by atoms with Crippen LogP contribution in [0.15, 0.2) is 36.7 Å². The van der Waals surface area contributed by atoms with Gasteiger partial charge in [0.2, 0.25) is 5.91 Å². The van der Waals surface area contributed by atoms with Crippen LogP contribution in [0, 0.1) is 12.8 Å². The molecule has 1 fully saturated rings. The summed E-state index contributed by atoms with van der Waals surface area (Å²) < 4.78 is 2.06. The summed E-state index contributed by atoms with van der Waals surface area (Å²) in [7, 11) is 0. The lowest BCUT2D eigenvalue weighted by atomic mass is 9.86. The summed E-state index contributed by atoms with van der Waals surface area (Å²) in [4.78, 5) is 19.2. The van der Waals surface area contributed by atoms with Gasteiger partial charge in [0.1, 0.15) is 0 Å². The van der Waals surface area contributed by atoms with Crippen molar-refractivity contribution in [2.45, 2.75) is 51.9 Å². The highest BCUT2D eigenvalue weighted by Crippen LogP contribution is 2.28. The molecule has 26 heavy (non-hydrogen) atoms. The quantitative estimate of drug-likeness (QED) is 0.631. The van der Waals surface area contributed by atoms with Crippen molar-refractivity contribution in [2.75, 3.05) is 5.32 Å². The van der Waals surface area contributed by atoms with Crippen molar-refractivity contribution >= 4 is 27.9 Å². The van der Waals surface area contributed by atoms with E-state index in [9.17, 15) is 4.79 Å². The fraction of sp³-hybridized carbons (Fsp3) is 0.429. The van der Waals surface area contributed by atoms with Crippen molar-refractivity contribution in [1.82, 2.24) is 9.38 Å². The molecule has 1 saturated carbocycles. The molecule has 0 atom stereocenters. The van der Waals surface area contributed by atoms with Crippen LogP contribution in [0.25, 0.3) is 16.2 Å². The average Bonchev–Trinajstić information content (AvgIpc) is 3.18. The van der Waals surface area contributed by atoms with E-state index in [1.165, 1.54) is 37.0 Å². The van der Waals surface area contributed by atoms with E-state index in [1.54, 1.807) is 11.3 Å². The number of thiazole rings is 1. The van der Waals surface area contributed by atoms with E-state index in [0.717, 1.165) is 34.2 Å². The molecule has 2 aromatic heterocycles. The Morgan fingerprint density at radius 1 is 1.27 bits per heavy atom. The minimum Gasteiger partial charge on any atom is -0.326 e. The maximum atomic E-state index is 12.3. The minimum atomic E-state index is 0.120. The largest absolute Gasteiger partial charge is 0.326 e.